The van der Waals surface area contributed by atoms with E-state index < -0.39 is 21.6 Å². The molecule has 4 nitrogen and oxygen atoms in total. The van der Waals surface area contributed by atoms with Crippen molar-refractivity contribution in [3.63, 3.8) is 0 Å². The Morgan fingerprint density at radius 1 is 1.47 bits per heavy atom. The summed E-state index contributed by atoms with van der Waals surface area (Å²) in [5.74, 6) is -1.08. The monoisotopic (exact) mass is 233 g/mol. The maximum atomic E-state index is 12.6. The highest BCUT2D eigenvalue weighted by atomic mass is 32.2. The molecule has 0 aliphatic carbocycles. The summed E-state index contributed by atoms with van der Waals surface area (Å²) in [6, 6.07) is 3.10. The zero-order valence-corrected chi connectivity index (χ0v) is 9.01. The summed E-state index contributed by atoms with van der Waals surface area (Å²) in [5.41, 5.74) is -0.00940. The number of aromatic hydroxyl groups is 1. The second kappa shape index (κ2) is 4.48. The van der Waals surface area contributed by atoms with Crippen molar-refractivity contribution in [1.29, 1.82) is 0 Å². The van der Waals surface area contributed by atoms with Crippen molar-refractivity contribution in [2.24, 2.45) is 0 Å². The van der Waals surface area contributed by atoms with Gasteiger partial charge in [0.05, 0.1) is 11.4 Å². The number of rotatable bonds is 4. The number of phenolic OH excluding ortho intramolecular Hbond substituents is 1. The van der Waals surface area contributed by atoms with Crippen LogP contribution in [0.3, 0.4) is 0 Å². The minimum Gasteiger partial charge on any atom is -0.506 e. The van der Waals surface area contributed by atoms with Gasteiger partial charge in [-0.15, -0.1) is 0 Å². The number of phenols is 1. The van der Waals surface area contributed by atoms with Gasteiger partial charge >= 0.3 is 0 Å². The number of nitrogens with one attached hydrogen (secondary N) is 1. The molecule has 0 radical (unpaired) electrons. The van der Waals surface area contributed by atoms with Gasteiger partial charge in [0, 0.05) is 6.07 Å². The number of benzene rings is 1. The molecule has 6 heteroatoms. The highest BCUT2D eigenvalue weighted by Gasteiger charge is 2.11. The van der Waals surface area contributed by atoms with E-state index in [0.29, 0.717) is 6.42 Å². The van der Waals surface area contributed by atoms with E-state index in [2.05, 4.69) is 4.72 Å². The van der Waals surface area contributed by atoms with Gasteiger partial charge in [-0.1, -0.05) is 6.92 Å². The second-order valence-electron chi connectivity index (χ2n) is 3.08. The van der Waals surface area contributed by atoms with Gasteiger partial charge in [0.15, 0.2) is 0 Å². The molecule has 1 rings (SSSR count). The summed E-state index contributed by atoms with van der Waals surface area (Å²) in [5, 5.41) is 9.26. The maximum Gasteiger partial charge on any atom is 0.232 e. The van der Waals surface area contributed by atoms with Gasteiger partial charge in [0.2, 0.25) is 10.0 Å². The van der Waals surface area contributed by atoms with Gasteiger partial charge in [-0.05, 0) is 18.6 Å². The van der Waals surface area contributed by atoms with Crippen molar-refractivity contribution < 1.29 is 17.9 Å². The van der Waals surface area contributed by atoms with Crippen LogP contribution in [0.2, 0.25) is 0 Å². The van der Waals surface area contributed by atoms with E-state index >= 15 is 0 Å². The highest BCUT2D eigenvalue weighted by Crippen LogP contribution is 2.24. The lowest BCUT2D eigenvalue weighted by atomic mass is 10.3. The smallest absolute Gasteiger partial charge is 0.232 e. The fraction of sp³-hybridized carbons (Fsp3) is 0.333. The van der Waals surface area contributed by atoms with Crippen LogP contribution in [0.4, 0.5) is 10.1 Å². The molecule has 84 valence electrons. The van der Waals surface area contributed by atoms with E-state index in [4.69, 9.17) is 0 Å². The van der Waals surface area contributed by atoms with Crippen LogP contribution in [0, 0.1) is 5.82 Å². The first-order valence-electron chi connectivity index (χ1n) is 4.43. The first kappa shape index (κ1) is 11.8. The molecular formula is C9H12FNO3S. The minimum atomic E-state index is -3.45. The topological polar surface area (TPSA) is 66.4 Å². The molecule has 0 saturated heterocycles. The molecule has 1 aromatic rings. The molecule has 0 atom stereocenters. The van der Waals surface area contributed by atoms with Crippen molar-refractivity contribution in [3.05, 3.63) is 24.0 Å². The number of hydrogen-bond donors (Lipinski definition) is 2. The molecule has 2 N–H and O–H groups in total. The normalized spacial score (nSPS) is 11.3. The van der Waals surface area contributed by atoms with Crippen LogP contribution in [-0.4, -0.2) is 19.3 Å². The van der Waals surface area contributed by atoms with Gasteiger partial charge in [-0.3, -0.25) is 4.72 Å². The summed E-state index contributed by atoms with van der Waals surface area (Å²) >= 11 is 0. The predicted octanol–water partition coefficient (Wildman–Crippen LogP) is 1.68. The Kier molecular flexibility index (Phi) is 3.52. The molecule has 0 heterocycles. The molecule has 1 aromatic carbocycles. The molecular weight excluding hydrogens is 221 g/mol. The lowest BCUT2D eigenvalue weighted by molar-refractivity contribution is 0.471. The van der Waals surface area contributed by atoms with Crippen molar-refractivity contribution in [2.45, 2.75) is 13.3 Å². The second-order valence-corrected chi connectivity index (χ2v) is 4.92. The average Bonchev–Trinajstić information content (AvgIpc) is 2.09. The van der Waals surface area contributed by atoms with Gasteiger partial charge in [-0.2, -0.15) is 0 Å². The Labute approximate surface area is 87.8 Å². The van der Waals surface area contributed by atoms with Gasteiger partial charge in [0.25, 0.3) is 0 Å². The van der Waals surface area contributed by atoms with Crippen molar-refractivity contribution >= 4 is 15.7 Å². The standard InChI is InChI=1S/C9H12FNO3S/c1-2-5-15(13,14)11-8-4-3-7(10)6-9(8)12/h3-4,6,11-12H,2,5H2,1H3. The fourth-order valence-corrected chi connectivity index (χ4v) is 2.23. The van der Waals surface area contributed by atoms with Crippen LogP contribution in [0.25, 0.3) is 0 Å². The largest absolute Gasteiger partial charge is 0.506 e. The summed E-state index contributed by atoms with van der Waals surface area (Å²) in [6.07, 6.45) is 0.470. The number of sulfonamides is 1. The van der Waals surface area contributed by atoms with E-state index in [1.54, 1.807) is 6.92 Å². The molecule has 0 bridgehead atoms. The summed E-state index contributed by atoms with van der Waals surface area (Å²) < 4.78 is 37.4. The zero-order valence-electron chi connectivity index (χ0n) is 8.20. The van der Waals surface area contributed by atoms with Crippen LogP contribution < -0.4 is 4.72 Å². The van der Waals surface area contributed by atoms with E-state index in [1.165, 1.54) is 6.07 Å². The molecule has 0 spiro atoms. The quantitative estimate of drug-likeness (QED) is 0.777. The van der Waals surface area contributed by atoms with E-state index in [0.717, 1.165) is 12.1 Å². The molecule has 15 heavy (non-hydrogen) atoms. The Bertz CT molecular complexity index is 445. The van der Waals surface area contributed by atoms with Crippen LogP contribution in [0.1, 0.15) is 13.3 Å². The van der Waals surface area contributed by atoms with Crippen LogP contribution >= 0.6 is 0 Å². The van der Waals surface area contributed by atoms with Gasteiger partial charge < -0.3 is 5.11 Å². The summed E-state index contributed by atoms with van der Waals surface area (Å²) in [7, 11) is -3.45. The zero-order chi connectivity index (χ0) is 11.5. The molecule has 0 aliphatic heterocycles. The average molecular weight is 233 g/mol. The number of halogens is 1. The Morgan fingerprint density at radius 3 is 2.67 bits per heavy atom. The third kappa shape index (κ3) is 3.39. The van der Waals surface area contributed by atoms with Crippen molar-refractivity contribution in [1.82, 2.24) is 0 Å². The van der Waals surface area contributed by atoms with Crippen LogP contribution in [0.15, 0.2) is 18.2 Å². The maximum absolute atomic E-state index is 12.6. The molecule has 0 amide bonds. The third-order valence-corrected chi connectivity index (χ3v) is 3.17. The first-order valence-corrected chi connectivity index (χ1v) is 6.09. The Hall–Kier alpha value is -1.30. The van der Waals surface area contributed by atoms with Crippen molar-refractivity contribution in [2.75, 3.05) is 10.5 Å². The first-order chi connectivity index (χ1) is 6.94. The van der Waals surface area contributed by atoms with Crippen LogP contribution in [0.5, 0.6) is 5.75 Å². The fourth-order valence-electron chi connectivity index (χ4n) is 1.08. The lowest BCUT2D eigenvalue weighted by Crippen LogP contribution is -2.16. The Balaban J connectivity index is 2.90. The summed E-state index contributed by atoms with van der Waals surface area (Å²) in [4.78, 5) is 0. The highest BCUT2D eigenvalue weighted by molar-refractivity contribution is 7.92. The number of anilines is 1. The molecule has 0 unspecified atom stereocenters. The van der Waals surface area contributed by atoms with Crippen LogP contribution in [-0.2, 0) is 10.0 Å². The Morgan fingerprint density at radius 2 is 2.13 bits per heavy atom. The van der Waals surface area contributed by atoms with E-state index in [9.17, 15) is 17.9 Å². The molecule has 0 aliphatic rings. The van der Waals surface area contributed by atoms with Gasteiger partial charge in [0.1, 0.15) is 11.6 Å². The molecule has 0 aromatic heterocycles. The van der Waals surface area contributed by atoms with E-state index in [1.807, 2.05) is 0 Å². The molecule has 0 saturated carbocycles. The van der Waals surface area contributed by atoms with Crippen molar-refractivity contribution in [3.8, 4) is 5.75 Å². The third-order valence-electron chi connectivity index (χ3n) is 1.70. The van der Waals surface area contributed by atoms with E-state index in [-0.39, 0.29) is 11.4 Å². The number of hydrogen-bond acceptors (Lipinski definition) is 3. The molecule has 0 fully saturated rings. The minimum absolute atomic E-state index is 0.00940. The lowest BCUT2D eigenvalue weighted by Gasteiger charge is -2.08. The SMILES string of the molecule is CCCS(=O)(=O)Nc1ccc(F)cc1O. The van der Waals surface area contributed by atoms with Gasteiger partial charge in [-0.25, -0.2) is 12.8 Å². The predicted molar refractivity (Wildman–Crippen MR) is 55.8 cm³/mol. The summed E-state index contributed by atoms with van der Waals surface area (Å²) in [6.45, 7) is 1.73.